The molecule has 156 valence electrons. The highest BCUT2D eigenvalue weighted by atomic mass is 19.3. The van der Waals surface area contributed by atoms with Gasteiger partial charge in [-0.15, -0.1) is 0 Å². The number of alkyl halides is 8. The van der Waals surface area contributed by atoms with Crippen molar-refractivity contribution in [1.29, 1.82) is 0 Å². The summed E-state index contributed by atoms with van der Waals surface area (Å²) in [6.45, 7) is 1.58. The fraction of sp³-hybridized carbons (Fsp3) is 0.600. The van der Waals surface area contributed by atoms with Crippen LogP contribution in [0.25, 0.3) is 0 Å². The summed E-state index contributed by atoms with van der Waals surface area (Å²) in [4.78, 5) is 20.9. The molecule has 0 saturated carbocycles. The van der Waals surface area contributed by atoms with Gasteiger partial charge in [0.2, 0.25) is 0 Å². The van der Waals surface area contributed by atoms with E-state index in [-0.39, 0.29) is 12.2 Å². The lowest BCUT2D eigenvalue weighted by Crippen LogP contribution is -2.50. The fourth-order valence-electron chi connectivity index (χ4n) is 1.57. The van der Waals surface area contributed by atoms with Crippen LogP contribution in [0.4, 0.5) is 35.1 Å². The van der Waals surface area contributed by atoms with Crippen molar-refractivity contribution in [1.82, 2.24) is 0 Å². The zero-order valence-electron chi connectivity index (χ0n) is 14.0. The van der Waals surface area contributed by atoms with Gasteiger partial charge in [0.05, 0.1) is 6.42 Å². The number of rotatable bonds is 10. The molecule has 0 aromatic rings. The van der Waals surface area contributed by atoms with E-state index in [1.807, 2.05) is 0 Å². The van der Waals surface area contributed by atoms with Crippen molar-refractivity contribution in [3.05, 3.63) is 23.3 Å². The first kappa shape index (κ1) is 24.9. The Bertz CT molecular complexity index is 584. The molecule has 0 aliphatic carbocycles. The highest BCUT2D eigenvalue weighted by Crippen LogP contribution is 2.49. The lowest BCUT2D eigenvalue weighted by atomic mass is 9.95. The van der Waals surface area contributed by atoms with E-state index in [9.17, 15) is 44.7 Å². The predicted molar refractivity (Wildman–Crippen MR) is 76.4 cm³/mol. The number of carbonyl (C=O) groups is 2. The zero-order valence-corrected chi connectivity index (χ0v) is 14.0. The molecule has 0 atom stereocenters. The lowest BCUT2D eigenvalue weighted by molar-refractivity contribution is -0.279. The van der Waals surface area contributed by atoms with E-state index >= 15 is 0 Å². The van der Waals surface area contributed by atoms with Gasteiger partial charge >= 0.3 is 35.6 Å². The van der Waals surface area contributed by atoms with E-state index in [1.54, 1.807) is 0 Å². The minimum atomic E-state index is -5.60. The van der Waals surface area contributed by atoms with E-state index < -0.39 is 66.0 Å². The molecule has 0 fully saturated rings. The summed E-state index contributed by atoms with van der Waals surface area (Å²) in [7, 11) is 0. The first-order chi connectivity index (χ1) is 11.9. The summed E-state index contributed by atoms with van der Waals surface area (Å²) in [5.74, 6) is -25.1. The molecule has 0 amide bonds. The second-order valence-electron chi connectivity index (χ2n) is 5.79. The molecule has 0 aromatic heterocycles. The summed E-state index contributed by atoms with van der Waals surface area (Å²) >= 11 is 0. The molecule has 2 N–H and O–H groups in total. The van der Waals surface area contributed by atoms with Gasteiger partial charge in [-0.05, 0) is 13.8 Å². The van der Waals surface area contributed by atoms with Crippen LogP contribution in [0.3, 0.4) is 0 Å². The monoisotopic (exact) mass is 412 g/mol. The highest BCUT2D eigenvalue weighted by molar-refractivity contribution is 5.86. The molecule has 0 heterocycles. The molecule has 0 aliphatic rings. The topological polar surface area (TPSA) is 74.6 Å². The van der Waals surface area contributed by atoms with Crippen LogP contribution in [-0.2, 0) is 9.59 Å². The van der Waals surface area contributed by atoms with Gasteiger partial charge in [-0.3, -0.25) is 0 Å². The third-order valence-electron chi connectivity index (χ3n) is 3.52. The van der Waals surface area contributed by atoms with Gasteiger partial charge in [-0.2, -0.15) is 35.1 Å². The Morgan fingerprint density at radius 2 is 0.926 bits per heavy atom. The van der Waals surface area contributed by atoms with E-state index in [0.29, 0.717) is 0 Å². The van der Waals surface area contributed by atoms with Crippen molar-refractivity contribution in [2.45, 2.75) is 56.8 Å². The summed E-state index contributed by atoms with van der Waals surface area (Å²) < 4.78 is 108. The Labute approximate surface area is 148 Å². The Morgan fingerprint density at radius 1 is 0.667 bits per heavy atom. The number of carboxylic acid groups (broad SMARTS) is 2. The number of halogens is 8. The molecule has 0 rings (SSSR count). The SMILES string of the molecule is C/C(=C\CC(F)(F)C(F)(F)CC(F)(F)C(F)(F)C/C=C(\C)C(=O)O)C(=O)O. The molecule has 0 radical (unpaired) electrons. The van der Waals surface area contributed by atoms with Gasteiger partial charge in [-0.25, -0.2) is 9.59 Å². The zero-order chi connectivity index (χ0) is 21.8. The molecule has 0 bridgehead atoms. The van der Waals surface area contributed by atoms with Gasteiger partial charge in [0.25, 0.3) is 0 Å². The maximum atomic E-state index is 13.6. The quantitative estimate of drug-likeness (QED) is 0.401. The van der Waals surface area contributed by atoms with Crippen LogP contribution in [0, 0.1) is 0 Å². The molecule has 12 heteroatoms. The largest absolute Gasteiger partial charge is 0.478 e. The summed E-state index contributed by atoms with van der Waals surface area (Å²) in [6, 6.07) is 0. The second kappa shape index (κ2) is 8.26. The minimum Gasteiger partial charge on any atom is -0.478 e. The van der Waals surface area contributed by atoms with Crippen molar-refractivity contribution in [3.63, 3.8) is 0 Å². The molecule has 0 aliphatic heterocycles. The van der Waals surface area contributed by atoms with Crippen LogP contribution >= 0.6 is 0 Å². The maximum absolute atomic E-state index is 13.6. The van der Waals surface area contributed by atoms with E-state index in [4.69, 9.17) is 10.2 Å². The molecular formula is C15H16F8O4. The third kappa shape index (κ3) is 6.51. The van der Waals surface area contributed by atoms with E-state index in [0.717, 1.165) is 13.8 Å². The molecule has 0 unspecified atom stereocenters. The number of hydrogen-bond acceptors (Lipinski definition) is 2. The van der Waals surface area contributed by atoms with Gasteiger partial charge in [0.1, 0.15) is 0 Å². The van der Waals surface area contributed by atoms with Gasteiger partial charge in [0, 0.05) is 24.0 Å². The van der Waals surface area contributed by atoms with Crippen molar-refractivity contribution >= 4 is 11.9 Å². The summed E-state index contributed by atoms with van der Waals surface area (Å²) in [5.41, 5.74) is -1.53. The van der Waals surface area contributed by atoms with Crippen molar-refractivity contribution in [2.75, 3.05) is 0 Å². The van der Waals surface area contributed by atoms with Crippen molar-refractivity contribution < 1.29 is 54.9 Å². The van der Waals surface area contributed by atoms with Crippen LogP contribution in [0.1, 0.15) is 33.1 Å². The van der Waals surface area contributed by atoms with Crippen molar-refractivity contribution in [2.24, 2.45) is 0 Å². The predicted octanol–water partition coefficient (Wildman–Crippen LogP) is 4.76. The van der Waals surface area contributed by atoms with Crippen LogP contribution < -0.4 is 0 Å². The van der Waals surface area contributed by atoms with Gasteiger partial charge in [0.15, 0.2) is 0 Å². The van der Waals surface area contributed by atoms with Crippen LogP contribution in [0.15, 0.2) is 23.3 Å². The van der Waals surface area contributed by atoms with Crippen LogP contribution in [0.5, 0.6) is 0 Å². The number of allylic oxidation sites excluding steroid dienone is 2. The minimum absolute atomic E-state index is 0.158. The van der Waals surface area contributed by atoms with Crippen LogP contribution in [0.2, 0.25) is 0 Å². The second-order valence-corrected chi connectivity index (χ2v) is 5.79. The molecule has 0 saturated heterocycles. The Balaban J connectivity index is 5.48. The van der Waals surface area contributed by atoms with Gasteiger partial charge < -0.3 is 10.2 Å². The average Bonchev–Trinajstić information content (AvgIpc) is 2.48. The normalized spacial score (nSPS) is 15.0. The average molecular weight is 412 g/mol. The molecule has 4 nitrogen and oxygen atoms in total. The maximum Gasteiger partial charge on any atom is 0.330 e. The molecule has 27 heavy (non-hydrogen) atoms. The van der Waals surface area contributed by atoms with Gasteiger partial charge in [-0.1, -0.05) is 12.2 Å². The first-order valence-corrected chi connectivity index (χ1v) is 7.18. The molecular weight excluding hydrogens is 396 g/mol. The van der Waals surface area contributed by atoms with Crippen LogP contribution in [-0.4, -0.2) is 45.8 Å². The Kier molecular flexibility index (Phi) is 7.60. The standard InChI is InChI=1S/C15H16F8O4/c1-8(10(24)25)3-5-12(16,17)14(20,21)7-15(22,23)13(18,19)6-4-9(2)11(26)27/h3-4H,5-7H2,1-2H3,(H,24,25)(H,26,27)/b8-3+,9-4+. The number of aliphatic carboxylic acids is 2. The Morgan fingerprint density at radius 3 is 1.15 bits per heavy atom. The Hall–Kier alpha value is -2.14. The number of hydrogen-bond donors (Lipinski definition) is 2. The third-order valence-corrected chi connectivity index (χ3v) is 3.52. The summed E-state index contributed by atoms with van der Waals surface area (Å²) in [6.07, 6.45) is -6.83. The lowest BCUT2D eigenvalue weighted by Gasteiger charge is -2.32. The highest BCUT2D eigenvalue weighted by Gasteiger charge is 2.66. The molecule has 0 spiro atoms. The van der Waals surface area contributed by atoms with E-state index in [2.05, 4.69) is 0 Å². The fourth-order valence-corrected chi connectivity index (χ4v) is 1.57. The van der Waals surface area contributed by atoms with E-state index in [1.165, 1.54) is 0 Å². The smallest absolute Gasteiger partial charge is 0.330 e. The summed E-state index contributed by atoms with van der Waals surface area (Å²) in [5, 5.41) is 16.9. The first-order valence-electron chi connectivity index (χ1n) is 7.18. The van der Waals surface area contributed by atoms with Crippen molar-refractivity contribution in [3.8, 4) is 0 Å². The molecule has 0 aromatic carbocycles. The number of carboxylic acids is 2.